The summed E-state index contributed by atoms with van der Waals surface area (Å²) in [5, 5.41) is 6.24. The van der Waals surface area contributed by atoms with Crippen LogP contribution in [-0.4, -0.2) is 18.5 Å². The van der Waals surface area contributed by atoms with Gasteiger partial charge in [0.2, 0.25) is 5.91 Å². The van der Waals surface area contributed by atoms with Crippen LogP contribution in [0.15, 0.2) is 24.3 Å². The van der Waals surface area contributed by atoms with Gasteiger partial charge in [-0.2, -0.15) is 0 Å². The van der Waals surface area contributed by atoms with Crippen LogP contribution in [0.25, 0.3) is 0 Å². The molecule has 0 unspecified atom stereocenters. The number of amides is 1. The van der Waals surface area contributed by atoms with E-state index in [1.807, 2.05) is 18.2 Å². The molecule has 0 aliphatic rings. The number of aryl methyl sites for hydroxylation is 1. The minimum atomic E-state index is 0.0915. The number of benzene rings is 1. The summed E-state index contributed by atoms with van der Waals surface area (Å²) in [6.45, 7) is 7.21. The highest BCUT2D eigenvalue weighted by molar-refractivity contribution is 5.90. The van der Waals surface area contributed by atoms with Gasteiger partial charge in [-0.3, -0.25) is 4.79 Å². The van der Waals surface area contributed by atoms with Crippen molar-refractivity contribution in [2.45, 2.75) is 46.1 Å². The number of carbonyl (C=O) groups is 1. The number of carbonyl (C=O) groups excluding carboxylic acids is 1. The molecule has 2 N–H and O–H groups in total. The standard InChI is InChI=1S/C15H24N2O/c1-4-13-7-5-8-14(11-13)17-15(18)9-6-10-16-12(2)3/h5,7-8,11-12,16H,4,6,9-10H2,1-3H3,(H,17,18). The Morgan fingerprint density at radius 1 is 1.33 bits per heavy atom. The van der Waals surface area contributed by atoms with Crippen molar-refractivity contribution < 1.29 is 4.79 Å². The van der Waals surface area contributed by atoms with Crippen molar-refractivity contribution in [3.63, 3.8) is 0 Å². The molecule has 0 atom stereocenters. The van der Waals surface area contributed by atoms with E-state index in [2.05, 4.69) is 37.5 Å². The Bertz CT molecular complexity index is 375. The molecule has 0 fully saturated rings. The SMILES string of the molecule is CCc1cccc(NC(=O)CCCNC(C)C)c1. The van der Waals surface area contributed by atoms with E-state index < -0.39 is 0 Å². The first-order valence-corrected chi connectivity index (χ1v) is 6.74. The van der Waals surface area contributed by atoms with E-state index in [0.717, 1.165) is 25.1 Å². The van der Waals surface area contributed by atoms with Crippen molar-refractivity contribution >= 4 is 11.6 Å². The number of rotatable bonds is 7. The maximum atomic E-state index is 11.7. The van der Waals surface area contributed by atoms with Crippen molar-refractivity contribution in [1.82, 2.24) is 5.32 Å². The molecule has 0 saturated carbocycles. The van der Waals surface area contributed by atoms with Crippen molar-refractivity contribution in [1.29, 1.82) is 0 Å². The van der Waals surface area contributed by atoms with Gasteiger partial charge >= 0.3 is 0 Å². The fourth-order valence-corrected chi connectivity index (χ4v) is 1.73. The van der Waals surface area contributed by atoms with Gasteiger partial charge in [-0.1, -0.05) is 32.9 Å². The van der Waals surface area contributed by atoms with Crippen LogP contribution in [0.4, 0.5) is 5.69 Å². The van der Waals surface area contributed by atoms with Gasteiger partial charge in [0.05, 0.1) is 0 Å². The summed E-state index contributed by atoms with van der Waals surface area (Å²) in [6, 6.07) is 8.50. The van der Waals surface area contributed by atoms with Crippen LogP contribution in [0.5, 0.6) is 0 Å². The lowest BCUT2D eigenvalue weighted by molar-refractivity contribution is -0.116. The molecular weight excluding hydrogens is 224 g/mol. The van der Waals surface area contributed by atoms with Crippen molar-refractivity contribution in [2.75, 3.05) is 11.9 Å². The molecule has 0 bridgehead atoms. The molecule has 0 aromatic heterocycles. The molecule has 1 amide bonds. The molecule has 3 nitrogen and oxygen atoms in total. The predicted molar refractivity (Wildman–Crippen MR) is 76.8 cm³/mol. The molecule has 0 aliphatic heterocycles. The quantitative estimate of drug-likeness (QED) is 0.728. The maximum Gasteiger partial charge on any atom is 0.224 e. The first kappa shape index (κ1) is 14.7. The van der Waals surface area contributed by atoms with Crippen LogP contribution < -0.4 is 10.6 Å². The van der Waals surface area contributed by atoms with Gasteiger partial charge < -0.3 is 10.6 Å². The number of hydrogen-bond acceptors (Lipinski definition) is 2. The van der Waals surface area contributed by atoms with Crippen molar-refractivity contribution in [3.05, 3.63) is 29.8 Å². The zero-order valence-corrected chi connectivity index (χ0v) is 11.6. The summed E-state index contributed by atoms with van der Waals surface area (Å²) < 4.78 is 0. The van der Waals surface area contributed by atoms with Gasteiger partial charge in [0, 0.05) is 18.2 Å². The molecule has 0 aliphatic carbocycles. The fourth-order valence-electron chi connectivity index (χ4n) is 1.73. The Kier molecular flexibility index (Phi) is 6.44. The average molecular weight is 248 g/mol. The lowest BCUT2D eigenvalue weighted by Gasteiger charge is -2.09. The Balaban J connectivity index is 2.30. The number of hydrogen-bond donors (Lipinski definition) is 2. The van der Waals surface area contributed by atoms with Crippen LogP contribution in [0.2, 0.25) is 0 Å². The summed E-state index contributed by atoms with van der Waals surface area (Å²) >= 11 is 0. The van der Waals surface area contributed by atoms with Crippen molar-refractivity contribution in [3.8, 4) is 0 Å². The minimum Gasteiger partial charge on any atom is -0.326 e. The molecule has 0 spiro atoms. The Hall–Kier alpha value is -1.35. The summed E-state index contributed by atoms with van der Waals surface area (Å²) in [5.41, 5.74) is 2.14. The second-order valence-electron chi connectivity index (χ2n) is 4.81. The molecule has 0 saturated heterocycles. The summed E-state index contributed by atoms with van der Waals surface area (Å²) in [7, 11) is 0. The normalized spacial score (nSPS) is 10.7. The molecule has 1 aromatic rings. The monoisotopic (exact) mass is 248 g/mol. The van der Waals surface area contributed by atoms with E-state index in [1.54, 1.807) is 0 Å². The van der Waals surface area contributed by atoms with Crippen LogP contribution >= 0.6 is 0 Å². The highest BCUT2D eigenvalue weighted by Crippen LogP contribution is 2.11. The summed E-state index contributed by atoms with van der Waals surface area (Å²) in [4.78, 5) is 11.7. The number of anilines is 1. The molecule has 0 radical (unpaired) electrons. The molecule has 18 heavy (non-hydrogen) atoms. The topological polar surface area (TPSA) is 41.1 Å². The van der Waals surface area contributed by atoms with Gasteiger partial charge in [0.25, 0.3) is 0 Å². The van der Waals surface area contributed by atoms with Crippen LogP contribution in [0.3, 0.4) is 0 Å². The average Bonchev–Trinajstić information content (AvgIpc) is 2.34. The predicted octanol–water partition coefficient (Wildman–Crippen LogP) is 2.97. The van der Waals surface area contributed by atoms with Gasteiger partial charge in [-0.25, -0.2) is 0 Å². The largest absolute Gasteiger partial charge is 0.326 e. The van der Waals surface area contributed by atoms with Crippen LogP contribution in [0, 0.1) is 0 Å². The first-order chi connectivity index (χ1) is 8.61. The van der Waals surface area contributed by atoms with Crippen LogP contribution in [0.1, 0.15) is 39.2 Å². The van der Waals surface area contributed by atoms with Gasteiger partial charge in [0.1, 0.15) is 0 Å². The molecular formula is C15H24N2O. The second-order valence-corrected chi connectivity index (χ2v) is 4.81. The molecule has 1 rings (SSSR count). The van der Waals surface area contributed by atoms with E-state index in [0.29, 0.717) is 12.5 Å². The van der Waals surface area contributed by atoms with E-state index in [1.165, 1.54) is 5.56 Å². The highest BCUT2D eigenvalue weighted by atomic mass is 16.1. The van der Waals surface area contributed by atoms with E-state index in [4.69, 9.17) is 0 Å². The summed E-state index contributed by atoms with van der Waals surface area (Å²) in [6.07, 6.45) is 2.43. The third kappa shape index (κ3) is 5.82. The Morgan fingerprint density at radius 2 is 2.11 bits per heavy atom. The molecule has 1 aromatic carbocycles. The third-order valence-corrected chi connectivity index (χ3v) is 2.75. The number of nitrogens with one attached hydrogen (secondary N) is 2. The lowest BCUT2D eigenvalue weighted by atomic mass is 10.1. The smallest absolute Gasteiger partial charge is 0.224 e. The van der Waals surface area contributed by atoms with Gasteiger partial charge in [-0.15, -0.1) is 0 Å². The Morgan fingerprint density at radius 3 is 2.78 bits per heavy atom. The van der Waals surface area contributed by atoms with E-state index in [-0.39, 0.29) is 5.91 Å². The molecule has 100 valence electrons. The van der Waals surface area contributed by atoms with Gasteiger partial charge in [0.15, 0.2) is 0 Å². The van der Waals surface area contributed by atoms with E-state index >= 15 is 0 Å². The van der Waals surface area contributed by atoms with Gasteiger partial charge in [-0.05, 0) is 37.1 Å². The first-order valence-electron chi connectivity index (χ1n) is 6.74. The lowest BCUT2D eigenvalue weighted by Crippen LogP contribution is -2.24. The summed E-state index contributed by atoms with van der Waals surface area (Å²) in [5.74, 6) is 0.0915. The molecule has 0 heterocycles. The zero-order valence-electron chi connectivity index (χ0n) is 11.6. The third-order valence-electron chi connectivity index (χ3n) is 2.75. The maximum absolute atomic E-state index is 11.7. The zero-order chi connectivity index (χ0) is 13.4. The second kappa shape index (κ2) is 7.88. The minimum absolute atomic E-state index is 0.0915. The van der Waals surface area contributed by atoms with Crippen molar-refractivity contribution in [2.24, 2.45) is 0 Å². The fraction of sp³-hybridized carbons (Fsp3) is 0.533. The molecule has 3 heteroatoms. The Labute approximate surface area is 110 Å². The van der Waals surface area contributed by atoms with E-state index in [9.17, 15) is 4.79 Å². The highest BCUT2D eigenvalue weighted by Gasteiger charge is 2.02. The van der Waals surface area contributed by atoms with Crippen LogP contribution in [-0.2, 0) is 11.2 Å².